The van der Waals surface area contributed by atoms with Crippen molar-refractivity contribution >= 4 is 40.8 Å². The van der Waals surface area contributed by atoms with Crippen molar-refractivity contribution in [2.45, 2.75) is 45.6 Å². The van der Waals surface area contributed by atoms with Crippen LogP contribution in [-0.4, -0.2) is 12.1 Å². The van der Waals surface area contributed by atoms with Crippen LogP contribution < -0.4 is 0 Å². The summed E-state index contributed by atoms with van der Waals surface area (Å²) in [6.45, 7) is 4.54. The first-order valence-electron chi connectivity index (χ1n) is 6.21. The Morgan fingerprint density at radius 2 is 1.94 bits per heavy atom. The summed E-state index contributed by atoms with van der Waals surface area (Å²) in [7, 11) is 0. The van der Waals surface area contributed by atoms with E-state index in [-0.39, 0.29) is 33.4 Å². The van der Waals surface area contributed by atoms with Crippen molar-refractivity contribution in [1.29, 1.82) is 0 Å². The van der Waals surface area contributed by atoms with Gasteiger partial charge in [-0.2, -0.15) is 0 Å². The average Bonchev–Trinajstić information content (AvgIpc) is 2.66. The van der Waals surface area contributed by atoms with Crippen LogP contribution in [0.5, 0.6) is 0 Å². The van der Waals surface area contributed by atoms with Crippen LogP contribution in [0.4, 0.5) is 0 Å². The molecule has 0 N–H and O–H groups in total. The number of halogens is 3. The first kappa shape index (κ1) is 14.5. The van der Waals surface area contributed by atoms with Gasteiger partial charge < -0.3 is 4.74 Å². The second-order valence-electron chi connectivity index (χ2n) is 5.81. The van der Waals surface area contributed by atoms with Gasteiger partial charge in [-0.3, -0.25) is 4.79 Å². The normalized spacial score (nSPS) is 32.4. The number of rotatable bonds is 3. The summed E-state index contributed by atoms with van der Waals surface area (Å²) in [5.74, 6) is 0.802. The maximum atomic E-state index is 11.7. The zero-order chi connectivity index (χ0) is 13.5. The molecule has 2 saturated carbocycles. The Kier molecular flexibility index (Phi) is 4.20. The van der Waals surface area contributed by atoms with Crippen molar-refractivity contribution in [3.63, 3.8) is 0 Å². The van der Waals surface area contributed by atoms with Gasteiger partial charge in [-0.05, 0) is 30.6 Å². The van der Waals surface area contributed by atoms with Gasteiger partial charge in [-0.1, -0.05) is 48.7 Å². The Hall–Kier alpha value is 0.0800. The highest BCUT2D eigenvalue weighted by molar-refractivity contribution is 6.59. The summed E-state index contributed by atoms with van der Waals surface area (Å²) in [6.07, 6.45) is 3.36. The molecular weight excluding hydrogens is 294 g/mol. The van der Waals surface area contributed by atoms with Crippen molar-refractivity contribution in [3.05, 3.63) is 9.52 Å². The van der Waals surface area contributed by atoms with E-state index in [1.54, 1.807) is 0 Å². The molecule has 18 heavy (non-hydrogen) atoms. The smallest absolute Gasteiger partial charge is 0.311 e. The highest BCUT2D eigenvalue weighted by Crippen LogP contribution is 2.58. The van der Waals surface area contributed by atoms with E-state index in [0.29, 0.717) is 11.8 Å². The number of esters is 1. The molecule has 0 unspecified atom stereocenters. The number of hydrogen-bond acceptors (Lipinski definition) is 2. The SMILES string of the molecule is CC1(C)[C@@H]2CC[C@H]1[C@H](OC(=O)CC(Cl)=C(Cl)Cl)C2. The minimum atomic E-state index is -0.341. The Morgan fingerprint density at radius 1 is 1.28 bits per heavy atom. The standard InChI is InChI=1S/C13H17Cl3O2/c1-13(2)7-3-4-8(13)10(5-7)18-11(17)6-9(14)12(15)16/h7-8,10H,3-6H2,1-2H3/t7-,8+,10-/m1/s1. The lowest BCUT2D eigenvalue weighted by Gasteiger charge is -2.26. The molecular formula is C13H17Cl3O2. The molecule has 0 heterocycles. The fourth-order valence-electron chi connectivity index (χ4n) is 3.49. The average molecular weight is 312 g/mol. The van der Waals surface area contributed by atoms with Crippen LogP contribution in [-0.2, 0) is 9.53 Å². The Morgan fingerprint density at radius 3 is 2.39 bits per heavy atom. The van der Waals surface area contributed by atoms with Gasteiger partial charge in [0.25, 0.3) is 0 Å². The molecule has 0 aliphatic heterocycles. The van der Waals surface area contributed by atoms with Crippen LogP contribution in [0.15, 0.2) is 9.52 Å². The molecule has 0 spiro atoms. The molecule has 0 aromatic heterocycles. The lowest BCUT2D eigenvalue weighted by Crippen LogP contribution is -2.27. The van der Waals surface area contributed by atoms with E-state index in [0.717, 1.165) is 12.8 Å². The van der Waals surface area contributed by atoms with E-state index in [2.05, 4.69) is 13.8 Å². The highest BCUT2D eigenvalue weighted by Gasteiger charge is 2.54. The molecule has 102 valence electrons. The van der Waals surface area contributed by atoms with Crippen molar-refractivity contribution in [2.75, 3.05) is 0 Å². The molecule has 0 radical (unpaired) electrons. The van der Waals surface area contributed by atoms with Crippen LogP contribution in [0.25, 0.3) is 0 Å². The molecule has 3 atom stereocenters. The van der Waals surface area contributed by atoms with Crippen molar-refractivity contribution in [3.8, 4) is 0 Å². The monoisotopic (exact) mass is 310 g/mol. The van der Waals surface area contributed by atoms with Crippen molar-refractivity contribution in [2.24, 2.45) is 17.3 Å². The quantitative estimate of drug-likeness (QED) is 0.710. The van der Waals surface area contributed by atoms with Crippen LogP contribution in [0.3, 0.4) is 0 Å². The molecule has 0 aromatic carbocycles. The van der Waals surface area contributed by atoms with Crippen LogP contribution in [0.2, 0.25) is 0 Å². The third kappa shape index (κ3) is 2.66. The minimum absolute atomic E-state index is 0.0322. The molecule has 2 aliphatic rings. The van der Waals surface area contributed by atoms with Gasteiger partial charge >= 0.3 is 5.97 Å². The molecule has 0 aromatic rings. The summed E-state index contributed by atoms with van der Waals surface area (Å²) < 4.78 is 5.46. The van der Waals surface area contributed by atoms with Gasteiger partial charge in [-0.25, -0.2) is 0 Å². The van der Waals surface area contributed by atoms with E-state index < -0.39 is 0 Å². The second kappa shape index (κ2) is 5.22. The van der Waals surface area contributed by atoms with Gasteiger partial charge in [0, 0.05) is 5.92 Å². The van der Waals surface area contributed by atoms with E-state index in [9.17, 15) is 4.79 Å². The van der Waals surface area contributed by atoms with Gasteiger partial charge in [0.15, 0.2) is 0 Å². The lowest BCUT2D eigenvalue weighted by atomic mass is 9.82. The zero-order valence-corrected chi connectivity index (χ0v) is 12.8. The summed E-state index contributed by atoms with van der Waals surface area (Å²) in [5, 5.41) is 0.144. The summed E-state index contributed by atoms with van der Waals surface area (Å²) in [5.41, 5.74) is 0.286. The molecule has 2 fully saturated rings. The third-order valence-electron chi connectivity index (χ3n) is 4.59. The maximum Gasteiger partial charge on any atom is 0.311 e. The lowest BCUT2D eigenvalue weighted by molar-refractivity contribution is -0.151. The van der Waals surface area contributed by atoms with Crippen LogP contribution in [0, 0.1) is 17.3 Å². The molecule has 2 rings (SSSR count). The predicted molar refractivity (Wildman–Crippen MR) is 73.7 cm³/mol. The topological polar surface area (TPSA) is 26.3 Å². The number of ether oxygens (including phenoxy) is 1. The Balaban J connectivity index is 1.93. The molecule has 0 amide bonds. The van der Waals surface area contributed by atoms with E-state index >= 15 is 0 Å². The fraction of sp³-hybridized carbons (Fsp3) is 0.769. The molecule has 5 heteroatoms. The van der Waals surface area contributed by atoms with E-state index in [1.165, 1.54) is 6.42 Å². The van der Waals surface area contributed by atoms with Gasteiger partial charge in [0.05, 0.1) is 11.5 Å². The van der Waals surface area contributed by atoms with Crippen LogP contribution >= 0.6 is 34.8 Å². The molecule has 0 saturated heterocycles. The Labute approximate surface area is 123 Å². The fourth-order valence-corrected chi connectivity index (χ4v) is 3.74. The summed E-state index contributed by atoms with van der Waals surface area (Å²) >= 11 is 16.8. The minimum Gasteiger partial charge on any atom is -0.462 e. The van der Waals surface area contributed by atoms with Crippen molar-refractivity contribution in [1.82, 2.24) is 0 Å². The number of fused-ring (bicyclic) bond motifs is 2. The first-order chi connectivity index (χ1) is 8.32. The number of hydrogen-bond donors (Lipinski definition) is 0. The highest BCUT2D eigenvalue weighted by atomic mass is 35.5. The molecule has 2 aliphatic carbocycles. The van der Waals surface area contributed by atoms with Crippen molar-refractivity contribution < 1.29 is 9.53 Å². The predicted octanol–water partition coefficient (Wildman–Crippen LogP) is 4.63. The number of carbonyl (C=O) groups excluding carboxylic acids is 1. The maximum absolute atomic E-state index is 11.7. The number of carbonyl (C=O) groups is 1. The van der Waals surface area contributed by atoms with Gasteiger partial charge in [-0.15, -0.1) is 0 Å². The molecule has 2 nitrogen and oxygen atoms in total. The van der Waals surface area contributed by atoms with Gasteiger partial charge in [0.1, 0.15) is 10.6 Å². The summed E-state index contributed by atoms with van der Waals surface area (Å²) in [4.78, 5) is 11.7. The van der Waals surface area contributed by atoms with Gasteiger partial charge in [0.2, 0.25) is 0 Å². The van der Waals surface area contributed by atoms with E-state index in [1.807, 2.05) is 0 Å². The summed E-state index contributed by atoms with van der Waals surface area (Å²) in [6, 6.07) is 0. The zero-order valence-electron chi connectivity index (χ0n) is 10.5. The van der Waals surface area contributed by atoms with Crippen LogP contribution in [0.1, 0.15) is 39.5 Å². The third-order valence-corrected chi connectivity index (χ3v) is 5.56. The molecule has 2 bridgehead atoms. The Bertz CT molecular complexity index is 386. The van der Waals surface area contributed by atoms with E-state index in [4.69, 9.17) is 39.5 Å². The largest absolute Gasteiger partial charge is 0.462 e. The first-order valence-corrected chi connectivity index (χ1v) is 7.35. The second-order valence-corrected chi connectivity index (χ2v) is 7.21.